The lowest BCUT2D eigenvalue weighted by molar-refractivity contribution is -0.119. The van der Waals surface area contributed by atoms with Gasteiger partial charge >= 0.3 is 0 Å². The van der Waals surface area contributed by atoms with E-state index in [2.05, 4.69) is 0 Å². The molecule has 18 heavy (non-hydrogen) atoms. The van der Waals surface area contributed by atoms with E-state index in [1.807, 2.05) is 30.3 Å². The minimum atomic E-state index is 0.300. The van der Waals surface area contributed by atoms with Crippen LogP contribution in [0, 0.1) is 17.8 Å². The molecule has 0 aromatic heterocycles. The van der Waals surface area contributed by atoms with Gasteiger partial charge in [-0.05, 0) is 54.9 Å². The number of allylic oxidation sites excluding steroid dienone is 1. The Balaban J connectivity index is 1.65. The predicted molar refractivity (Wildman–Crippen MR) is 73.8 cm³/mol. The van der Waals surface area contributed by atoms with Gasteiger partial charge in [-0.25, -0.2) is 0 Å². The van der Waals surface area contributed by atoms with Crippen LogP contribution in [0.15, 0.2) is 30.3 Å². The maximum absolute atomic E-state index is 12.2. The van der Waals surface area contributed by atoms with Crippen LogP contribution in [0.4, 0.5) is 5.69 Å². The average molecular weight is 241 g/mol. The molecular formula is C16H19NO. The zero-order chi connectivity index (χ0) is 12.5. The molecule has 2 nitrogen and oxygen atoms in total. The molecule has 2 saturated carbocycles. The summed E-state index contributed by atoms with van der Waals surface area (Å²) in [5.41, 5.74) is 7.43. The summed E-state index contributed by atoms with van der Waals surface area (Å²) >= 11 is 0. The monoisotopic (exact) mass is 241 g/mol. The number of carbonyl (C=O) groups excluding carboxylic acids is 1. The summed E-state index contributed by atoms with van der Waals surface area (Å²) < 4.78 is 0. The molecule has 2 fully saturated rings. The van der Waals surface area contributed by atoms with E-state index < -0.39 is 0 Å². The maximum atomic E-state index is 12.2. The first-order chi connectivity index (χ1) is 8.72. The summed E-state index contributed by atoms with van der Waals surface area (Å²) in [5.74, 6) is 2.11. The van der Waals surface area contributed by atoms with Crippen LogP contribution in [0.5, 0.6) is 0 Å². The van der Waals surface area contributed by atoms with Crippen molar-refractivity contribution in [2.45, 2.75) is 25.7 Å². The van der Waals surface area contributed by atoms with Gasteiger partial charge in [-0.1, -0.05) is 24.6 Å². The van der Waals surface area contributed by atoms with Crippen LogP contribution < -0.4 is 5.73 Å². The van der Waals surface area contributed by atoms with Crippen LogP contribution in [0.2, 0.25) is 0 Å². The number of carbonyl (C=O) groups is 1. The molecule has 2 aliphatic carbocycles. The first-order valence-electron chi connectivity index (χ1n) is 6.80. The van der Waals surface area contributed by atoms with E-state index in [0.717, 1.165) is 23.6 Å². The Hall–Kier alpha value is -1.57. The van der Waals surface area contributed by atoms with Crippen molar-refractivity contribution in [3.05, 3.63) is 35.9 Å². The third kappa shape index (κ3) is 2.20. The zero-order valence-corrected chi connectivity index (χ0v) is 10.5. The summed E-state index contributed by atoms with van der Waals surface area (Å²) in [6, 6.07) is 7.61. The van der Waals surface area contributed by atoms with Crippen molar-refractivity contribution >= 4 is 17.5 Å². The molecule has 3 rings (SSSR count). The second kappa shape index (κ2) is 4.60. The lowest BCUT2D eigenvalue weighted by Gasteiger charge is -2.18. The van der Waals surface area contributed by atoms with Crippen LogP contribution in [0.1, 0.15) is 31.2 Å². The first kappa shape index (κ1) is 11.5. The number of rotatable bonds is 3. The Labute approximate surface area is 108 Å². The lowest BCUT2D eigenvalue weighted by atomic mass is 9.85. The maximum Gasteiger partial charge on any atom is 0.159 e. The number of nitrogen functional groups attached to an aromatic ring is 1. The minimum absolute atomic E-state index is 0.300. The second-order valence-electron chi connectivity index (χ2n) is 5.68. The van der Waals surface area contributed by atoms with Gasteiger partial charge in [0.05, 0.1) is 0 Å². The molecule has 2 N–H and O–H groups in total. The van der Waals surface area contributed by atoms with Crippen molar-refractivity contribution in [2.24, 2.45) is 17.8 Å². The van der Waals surface area contributed by atoms with Crippen molar-refractivity contribution < 1.29 is 4.79 Å². The number of nitrogens with two attached hydrogens (primary N) is 1. The first-order valence-corrected chi connectivity index (χ1v) is 6.80. The SMILES string of the molecule is Nc1ccc(/C=C/C(=O)C2CC3CCC2C3)cc1. The number of hydrogen-bond donors (Lipinski definition) is 1. The van der Waals surface area contributed by atoms with E-state index in [0.29, 0.717) is 17.6 Å². The largest absolute Gasteiger partial charge is 0.399 e. The van der Waals surface area contributed by atoms with E-state index in [1.165, 1.54) is 19.3 Å². The fourth-order valence-corrected chi connectivity index (χ4v) is 3.50. The average Bonchev–Trinajstić information content (AvgIpc) is 3.00. The zero-order valence-electron chi connectivity index (χ0n) is 10.5. The molecule has 3 unspecified atom stereocenters. The van der Waals surface area contributed by atoms with Crippen LogP contribution in [-0.4, -0.2) is 5.78 Å². The molecule has 0 saturated heterocycles. The molecule has 1 aromatic carbocycles. The normalized spacial score (nSPS) is 30.1. The van der Waals surface area contributed by atoms with Crippen molar-refractivity contribution in [1.29, 1.82) is 0 Å². The second-order valence-corrected chi connectivity index (χ2v) is 5.68. The molecule has 0 aliphatic heterocycles. The third-order valence-corrected chi connectivity index (χ3v) is 4.48. The molecule has 2 aliphatic rings. The predicted octanol–water partition coefficient (Wildman–Crippen LogP) is 3.29. The van der Waals surface area contributed by atoms with Gasteiger partial charge in [-0.3, -0.25) is 4.79 Å². The molecule has 94 valence electrons. The summed E-state index contributed by atoms with van der Waals surface area (Å²) in [7, 11) is 0. The summed E-state index contributed by atoms with van der Waals surface area (Å²) in [6.07, 6.45) is 8.68. The van der Waals surface area contributed by atoms with E-state index in [9.17, 15) is 4.79 Å². The molecule has 0 heterocycles. The van der Waals surface area contributed by atoms with Crippen molar-refractivity contribution in [3.63, 3.8) is 0 Å². The van der Waals surface area contributed by atoms with Crippen molar-refractivity contribution in [1.82, 2.24) is 0 Å². The fourth-order valence-electron chi connectivity index (χ4n) is 3.50. The smallest absolute Gasteiger partial charge is 0.159 e. The Morgan fingerprint density at radius 2 is 1.94 bits per heavy atom. The summed E-state index contributed by atoms with van der Waals surface area (Å²) in [4.78, 5) is 12.2. The Morgan fingerprint density at radius 1 is 1.17 bits per heavy atom. The van der Waals surface area contributed by atoms with Gasteiger partial charge in [0.2, 0.25) is 0 Å². The van der Waals surface area contributed by atoms with Crippen LogP contribution in [0.3, 0.4) is 0 Å². The molecule has 1 aromatic rings. The van der Waals surface area contributed by atoms with Crippen LogP contribution >= 0.6 is 0 Å². The molecule has 0 amide bonds. The number of anilines is 1. The molecule has 0 spiro atoms. The Kier molecular flexibility index (Phi) is 2.94. The van der Waals surface area contributed by atoms with Crippen molar-refractivity contribution in [3.8, 4) is 0 Å². The highest BCUT2D eigenvalue weighted by atomic mass is 16.1. The van der Waals surface area contributed by atoms with Crippen molar-refractivity contribution in [2.75, 3.05) is 5.73 Å². The van der Waals surface area contributed by atoms with Gasteiger partial charge in [-0.15, -0.1) is 0 Å². The van der Waals surface area contributed by atoms with Gasteiger partial charge in [0.1, 0.15) is 0 Å². The molecule has 2 heteroatoms. The highest BCUT2D eigenvalue weighted by Gasteiger charge is 2.41. The highest BCUT2D eigenvalue weighted by molar-refractivity contribution is 5.95. The van der Waals surface area contributed by atoms with E-state index in [1.54, 1.807) is 6.08 Å². The molecule has 2 bridgehead atoms. The minimum Gasteiger partial charge on any atom is -0.399 e. The number of benzene rings is 1. The van der Waals surface area contributed by atoms with E-state index in [-0.39, 0.29) is 0 Å². The Morgan fingerprint density at radius 3 is 2.56 bits per heavy atom. The van der Waals surface area contributed by atoms with Gasteiger partial charge < -0.3 is 5.73 Å². The standard InChI is InChI=1S/C16H19NO/c17-14-6-2-11(3-7-14)4-8-16(18)15-10-12-1-5-13(15)9-12/h2-4,6-8,12-13,15H,1,5,9-10,17H2/b8-4+. The highest BCUT2D eigenvalue weighted by Crippen LogP contribution is 2.48. The van der Waals surface area contributed by atoms with Crippen LogP contribution in [0.25, 0.3) is 6.08 Å². The molecular weight excluding hydrogens is 222 g/mol. The van der Waals surface area contributed by atoms with Gasteiger partial charge in [0, 0.05) is 11.6 Å². The third-order valence-electron chi connectivity index (χ3n) is 4.48. The van der Waals surface area contributed by atoms with Gasteiger partial charge in [-0.2, -0.15) is 0 Å². The Bertz CT molecular complexity index is 474. The molecule has 0 radical (unpaired) electrons. The molecule has 3 atom stereocenters. The van der Waals surface area contributed by atoms with Gasteiger partial charge in [0.15, 0.2) is 5.78 Å². The fraction of sp³-hybridized carbons (Fsp3) is 0.438. The van der Waals surface area contributed by atoms with E-state index in [4.69, 9.17) is 5.73 Å². The summed E-state index contributed by atoms with van der Waals surface area (Å²) in [5, 5.41) is 0. The van der Waals surface area contributed by atoms with Crippen LogP contribution in [-0.2, 0) is 4.79 Å². The van der Waals surface area contributed by atoms with Gasteiger partial charge in [0.25, 0.3) is 0 Å². The van der Waals surface area contributed by atoms with E-state index >= 15 is 0 Å². The number of hydrogen-bond acceptors (Lipinski definition) is 2. The number of ketones is 1. The topological polar surface area (TPSA) is 43.1 Å². The summed E-state index contributed by atoms with van der Waals surface area (Å²) in [6.45, 7) is 0. The quantitative estimate of drug-likeness (QED) is 0.652. The number of fused-ring (bicyclic) bond motifs is 2. The lowest BCUT2D eigenvalue weighted by Crippen LogP contribution is -2.18.